The van der Waals surface area contributed by atoms with Crippen molar-refractivity contribution < 1.29 is 23.9 Å². The van der Waals surface area contributed by atoms with E-state index in [1.807, 2.05) is 6.07 Å². The number of para-hydroxylation sites is 1. The van der Waals surface area contributed by atoms with E-state index in [-0.39, 0.29) is 23.1 Å². The van der Waals surface area contributed by atoms with E-state index < -0.39 is 18.4 Å². The molecule has 0 unspecified atom stereocenters. The quantitative estimate of drug-likeness (QED) is 0.267. The Morgan fingerprint density at radius 3 is 1.69 bits per heavy atom. The summed E-state index contributed by atoms with van der Waals surface area (Å²) in [5.74, 6) is -1.78. The van der Waals surface area contributed by atoms with Crippen LogP contribution in [0.5, 0.6) is 0 Å². The van der Waals surface area contributed by atoms with E-state index in [0.29, 0.717) is 22.4 Å². The van der Waals surface area contributed by atoms with Gasteiger partial charge in [0, 0.05) is 22.4 Å². The summed E-state index contributed by atoms with van der Waals surface area (Å²) in [6.45, 7) is -0.477. The summed E-state index contributed by atoms with van der Waals surface area (Å²) in [6.07, 6.45) is 0. The van der Waals surface area contributed by atoms with Crippen molar-refractivity contribution in [2.75, 3.05) is 17.2 Å². The van der Waals surface area contributed by atoms with Gasteiger partial charge in [-0.15, -0.1) is 0 Å². The standard InChI is InChI=1S/C29H22N2O5/c32-26(20-15-17-23(18-16-20)30-27(33)21-9-3-1-4-10-21)19-36-29(35)24-13-7-8-14-25(24)31-28(34)22-11-5-2-6-12-22/h1-18H,19H2,(H,30,33)(H,31,34). The molecule has 4 rings (SSSR count). The molecule has 36 heavy (non-hydrogen) atoms. The van der Waals surface area contributed by atoms with Gasteiger partial charge in [-0.2, -0.15) is 0 Å². The Labute approximate surface area is 207 Å². The van der Waals surface area contributed by atoms with Crippen LogP contribution in [-0.4, -0.2) is 30.2 Å². The number of hydrogen-bond donors (Lipinski definition) is 2. The van der Waals surface area contributed by atoms with Gasteiger partial charge in [-0.3, -0.25) is 14.4 Å². The van der Waals surface area contributed by atoms with Crippen LogP contribution >= 0.6 is 0 Å². The van der Waals surface area contributed by atoms with E-state index >= 15 is 0 Å². The van der Waals surface area contributed by atoms with Gasteiger partial charge in [-0.1, -0.05) is 48.5 Å². The summed E-state index contributed by atoms with van der Waals surface area (Å²) in [5.41, 5.74) is 2.23. The van der Waals surface area contributed by atoms with Crippen molar-refractivity contribution in [3.05, 3.63) is 131 Å². The number of anilines is 2. The first kappa shape index (κ1) is 24.1. The van der Waals surface area contributed by atoms with Crippen molar-refractivity contribution in [2.24, 2.45) is 0 Å². The van der Waals surface area contributed by atoms with E-state index in [0.717, 1.165) is 0 Å². The molecule has 0 saturated carbocycles. The summed E-state index contributed by atoms with van der Waals surface area (Å²) < 4.78 is 5.22. The number of Topliss-reactive ketones (excluding diaryl/α,β-unsaturated/α-hetero) is 1. The molecular weight excluding hydrogens is 456 g/mol. The third-order valence-electron chi connectivity index (χ3n) is 5.27. The Balaban J connectivity index is 1.35. The Bertz CT molecular complexity index is 1380. The molecule has 4 aromatic carbocycles. The number of esters is 1. The summed E-state index contributed by atoms with van der Waals surface area (Å²) >= 11 is 0. The number of carbonyl (C=O) groups is 4. The summed E-state index contributed by atoms with van der Waals surface area (Å²) in [7, 11) is 0. The lowest BCUT2D eigenvalue weighted by atomic mass is 10.1. The SMILES string of the molecule is O=C(COC(=O)c1ccccc1NC(=O)c1ccccc1)c1ccc(NC(=O)c2ccccc2)cc1. The number of amides is 2. The highest BCUT2D eigenvalue weighted by molar-refractivity contribution is 6.08. The molecule has 0 radical (unpaired) electrons. The zero-order valence-corrected chi connectivity index (χ0v) is 19.1. The Morgan fingerprint density at radius 1 is 0.556 bits per heavy atom. The molecule has 0 saturated heterocycles. The molecule has 0 aliphatic carbocycles. The summed E-state index contributed by atoms with van der Waals surface area (Å²) in [4.78, 5) is 49.9. The number of ether oxygens (including phenoxy) is 1. The maximum atomic E-state index is 12.7. The molecule has 0 heterocycles. The summed E-state index contributed by atoms with van der Waals surface area (Å²) in [5, 5.41) is 5.46. The average Bonchev–Trinajstić information content (AvgIpc) is 2.93. The first-order valence-electron chi connectivity index (χ1n) is 11.1. The van der Waals surface area contributed by atoms with Crippen LogP contribution in [-0.2, 0) is 4.74 Å². The zero-order valence-electron chi connectivity index (χ0n) is 19.1. The van der Waals surface area contributed by atoms with Crippen LogP contribution in [0.3, 0.4) is 0 Å². The van der Waals surface area contributed by atoms with Crippen LogP contribution in [0, 0.1) is 0 Å². The lowest BCUT2D eigenvalue weighted by Crippen LogP contribution is -2.18. The predicted octanol–water partition coefficient (Wildman–Crippen LogP) is 5.23. The highest BCUT2D eigenvalue weighted by atomic mass is 16.5. The van der Waals surface area contributed by atoms with Gasteiger partial charge in [0.1, 0.15) is 0 Å². The molecule has 0 fully saturated rings. The van der Waals surface area contributed by atoms with Crippen molar-refractivity contribution in [3.63, 3.8) is 0 Å². The normalized spacial score (nSPS) is 10.2. The van der Waals surface area contributed by atoms with Gasteiger partial charge < -0.3 is 15.4 Å². The highest BCUT2D eigenvalue weighted by Crippen LogP contribution is 2.18. The number of hydrogen-bond acceptors (Lipinski definition) is 5. The van der Waals surface area contributed by atoms with Gasteiger partial charge in [0.2, 0.25) is 0 Å². The van der Waals surface area contributed by atoms with Crippen LogP contribution in [0.15, 0.2) is 109 Å². The number of ketones is 1. The molecule has 0 aliphatic heterocycles. The third kappa shape index (κ3) is 6.09. The smallest absolute Gasteiger partial charge is 0.340 e. The molecule has 0 bridgehead atoms. The minimum Gasteiger partial charge on any atom is -0.454 e. The van der Waals surface area contributed by atoms with E-state index in [2.05, 4.69) is 10.6 Å². The van der Waals surface area contributed by atoms with Gasteiger partial charge >= 0.3 is 5.97 Å². The Morgan fingerprint density at radius 2 is 1.08 bits per heavy atom. The highest BCUT2D eigenvalue weighted by Gasteiger charge is 2.17. The number of carbonyl (C=O) groups excluding carboxylic acids is 4. The van der Waals surface area contributed by atoms with Crippen molar-refractivity contribution in [3.8, 4) is 0 Å². The van der Waals surface area contributed by atoms with Crippen LogP contribution < -0.4 is 10.6 Å². The molecule has 2 N–H and O–H groups in total. The molecule has 178 valence electrons. The molecule has 0 aliphatic rings. The second-order valence-corrected chi connectivity index (χ2v) is 7.76. The number of benzene rings is 4. The minimum atomic E-state index is -0.737. The molecule has 0 spiro atoms. The minimum absolute atomic E-state index is 0.133. The van der Waals surface area contributed by atoms with Crippen LogP contribution in [0.25, 0.3) is 0 Å². The van der Waals surface area contributed by atoms with Gasteiger partial charge in [-0.25, -0.2) is 4.79 Å². The van der Waals surface area contributed by atoms with E-state index in [1.165, 1.54) is 6.07 Å². The zero-order chi connectivity index (χ0) is 25.3. The molecule has 0 aromatic heterocycles. The van der Waals surface area contributed by atoms with Crippen LogP contribution in [0.4, 0.5) is 11.4 Å². The van der Waals surface area contributed by atoms with Crippen molar-refractivity contribution in [1.82, 2.24) is 0 Å². The molecule has 7 heteroatoms. The number of nitrogens with one attached hydrogen (secondary N) is 2. The van der Waals surface area contributed by atoms with Crippen LogP contribution in [0.1, 0.15) is 41.4 Å². The van der Waals surface area contributed by atoms with E-state index in [9.17, 15) is 19.2 Å². The van der Waals surface area contributed by atoms with Gasteiger partial charge in [0.05, 0.1) is 11.3 Å². The fraction of sp³-hybridized carbons (Fsp3) is 0.0345. The van der Waals surface area contributed by atoms with Crippen molar-refractivity contribution in [2.45, 2.75) is 0 Å². The average molecular weight is 479 g/mol. The maximum absolute atomic E-state index is 12.7. The van der Waals surface area contributed by atoms with Gasteiger partial charge in [0.15, 0.2) is 12.4 Å². The molecule has 4 aromatic rings. The fourth-order valence-corrected chi connectivity index (χ4v) is 3.38. The largest absolute Gasteiger partial charge is 0.454 e. The Hall–Kier alpha value is -5.04. The lowest BCUT2D eigenvalue weighted by molar-refractivity contribution is 0.0475. The van der Waals surface area contributed by atoms with Crippen molar-refractivity contribution in [1.29, 1.82) is 0 Å². The molecule has 7 nitrogen and oxygen atoms in total. The van der Waals surface area contributed by atoms with E-state index in [4.69, 9.17) is 4.74 Å². The van der Waals surface area contributed by atoms with E-state index in [1.54, 1.807) is 97.1 Å². The lowest BCUT2D eigenvalue weighted by Gasteiger charge is -2.11. The second-order valence-electron chi connectivity index (χ2n) is 7.76. The van der Waals surface area contributed by atoms with Crippen LogP contribution in [0.2, 0.25) is 0 Å². The first-order chi connectivity index (χ1) is 17.5. The van der Waals surface area contributed by atoms with Gasteiger partial charge in [-0.05, 0) is 60.7 Å². The van der Waals surface area contributed by atoms with Gasteiger partial charge in [0.25, 0.3) is 11.8 Å². The topological polar surface area (TPSA) is 102 Å². The first-order valence-corrected chi connectivity index (χ1v) is 11.1. The second kappa shape index (κ2) is 11.4. The fourth-order valence-electron chi connectivity index (χ4n) is 3.38. The third-order valence-corrected chi connectivity index (χ3v) is 5.27. The summed E-state index contributed by atoms with van der Waals surface area (Å²) in [6, 6.07) is 30.1. The molecule has 0 atom stereocenters. The number of rotatable bonds is 8. The maximum Gasteiger partial charge on any atom is 0.340 e. The molecule has 2 amide bonds. The monoisotopic (exact) mass is 478 g/mol. The molecular formula is C29H22N2O5. The van der Waals surface area contributed by atoms with Crippen molar-refractivity contribution >= 4 is 34.9 Å². The predicted molar refractivity (Wildman–Crippen MR) is 136 cm³/mol. The Kier molecular flexibility index (Phi) is 7.63.